The molecule has 5 heteroatoms. The third-order valence-electron chi connectivity index (χ3n) is 2.99. The molecule has 1 N–H and O–H groups in total. The highest BCUT2D eigenvalue weighted by Crippen LogP contribution is 2.16. The van der Waals surface area contributed by atoms with Crippen molar-refractivity contribution in [2.24, 2.45) is 0 Å². The Balaban J connectivity index is 1.78. The van der Waals surface area contributed by atoms with Crippen molar-refractivity contribution >= 4 is 0 Å². The third kappa shape index (κ3) is 4.57. The summed E-state index contributed by atoms with van der Waals surface area (Å²) < 4.78 is 30.3. The van der Waals surface area contributed by atoms with E-state index in [-0.39, 0.29) is 5.75 Å². The van der Waals surface area contributed by atoms with Gasteiger partial charge in [0.2, 0.25) is 0 Å². The number of ether oxygens (including phenoxy) is 1. The normalized spacial score (nSPS) is 12.4. The summed E-state index contributed by atoms with van der Waals surface area (Å²) in [6.07, 6.45) is 5.73. The molecule has 108 valence electrons. The number of aryl methyl sites for hydroxylation is 1. The van der Waals surface area contributed by atoms with E-state index in [0.717, 1.165) is 18.4 Å². The van der Waals surface area contributed by atoms with Gasteiger partial charge in [-0.15, -0.1) is 0 Å². The van der Waals surface area contributed by atoms with Gasteiger partial charge in [-0.25, -0.2) is 0 Å². The first-order chi connectivity index (χ1) is 9.63. The molecule has 0 saturated carbocycles. The van der Waals surface area contributed by atoms with Crippen LogP contribution in [0.25, 0.3) is 0 Å². The van der Waals surface area contributed by atoms with E-state index in [1.807, 2.05) is 41.3 Å². The maximum Gasteiger partial charge on any atom is 0.387 e. The quantitative estimate of drug-likeness (QED) is 0.837. The lowest BCUT2D eigenvalue weighted by Crippen LogP contribution is -2.24. The minimum atomic E-state index is -2.77. The summed E-state index contributed by atoms with van der Waals surface area (Å²) in [5.41, 5.74) is 4.43. The van der Waals surface area contributed by atoms with E-state index in [4.69, 9.17) is 0 Å². The summed E-state index contributed by atoms with van der Waals surface area (Å²) in [6, 6.07) is 11.0. The van der Waals surface area contributed by atoms with Gasteiger partial charge in [-0.3, -0.25) is 4.68 Å². The van der Waals surface area contributed by atoms with E-state index in [9.17, 15) is 8.78 Å². The lowest BCUT2D eigenvalue weighted by Gasteiger charge is -2.16. The second kappa shape index (κ2) is 6.93. The van der Waals surface area contributed by atoms with Crippen LogP contribution in [0.3, 0.4) is 0 Å². The standard InChI is InChI=1S/C15H18F2N2O/c1-12(18-19-10-2-3-11-19)4-5-13-6-8-14(9-7-13)20-15(16)17/h2-3,6-12,15,18H,4-5H2,1H3. The van der Waals surface area contributed by atoms with Crippen LogP contribution in [0.4, 0.5) is 8.78 Å². The molecule has 1 unspecified atom stereocenters. The molecule has 0 spiro atoms. The minimum absolute atomic E-state index is 0.197. The molecule has 0 aliphatic rings. The molecule has 0 saturated heterocycles. The fraction of sp³-hybridized carbons (Fsp3) is 0.333. The topological polar surface area (TPSA) is 26.2 Å². The summed E-state index contributed by atoms with van der Waals surface area (Å²) in [5, 5.41) is 0. The number of hydrogen-bond acceptors (Lipinski definition) is 2. The molecular formula is C15H18F2N2O. The Morgan fingerprint density at radius 1 is 1.15 bits per heavy atom. The zero-order valence-corrected chi connectivity index (χ0v) is 11.3. The van der Waals surface area contributed by atoms with Crippen LogP contribution < -0.4 is 10.2 Å². The zero-order chi connectivity index (χ0) is 14.4. The van der Waals surface area contributed by atoms with E-state index in [2.05, 4.69) is 17.1 Å². The van der Waals surface area contributed by atoms with Crippen LogP contribution in [0.15, 0.2) is 48.8 Å². The zero-order valence-electron chi connectivity index (χ0n) is 11.3. The molecule has 2 aromatic rings. The number of hydrogen-bond donors (Lipinski definition) is 1. The Morgan fingerprint density at radius 3 is 2.40 bits per heavy atom. The van der Waals surface area contributed by atoms with Crippen molar-refractivity contribution in [1.82, 2.24) is 4.68 Å². The predicted octanol–water partition coefficient (Wildman–Crippen LogP) is 3.65. The fourth-order valence-electron chi connectivity index (χ4n) is 1.96. The molecule has 1 aromatic carbocycles. The van der Waals surface area contributed by atoms with Gasteiger partial charge in [0.1, 0.15) is 5.75 Å². The van der Waals surface area contributed by atoms with Gasteiger partial charge >= 0.3 is 6.61 Å². The number of rotatable bonds is 7. The first kappa shape index (κ1) is 14.4. The van der Waals surface area contributed by atoms with Gasteiger partial charge < -0.3 is 10.2 Å². The summed E-state index contributed by atoms with van der Waals surface area (Å²) in [6.45, 7) is -0.666. The van der Waals surface area contributed by atoms with Gasteiger partial charge in [0.25, 0.3) is 0 Å². The third-order valence-corrected chi connectivity index (χ3v) is 2.99. The Hall–Kier alpha value is -2.04. The van der Waals surface area contributed by atoms with Gasteiger partial charge in [0.15, 0.2) is 0 Å². The number of alkyl halides is 2. The molecular weight excluding hydrogens is 262 g/mol. The summed E-state index contributed by atoms with van der Waals surface area (Å²) in [5.74, 6) is 0.197. The van der Waals surface area contributed by atoms with Crippen LogP contribution in [-0.2, 0) is 6.42 Å². The molecule has 3 nitrogen and oxygen atoms in total. The number of nitrogens with one attached hydrogen (secondary N) is 1. The number of nitrogens with zero attached hydrogens (tertiary/aromatic N) is 1. The van der Waals surface area contributed by atoms with Gasteiger partial charge in [-0.2, -0.15) is 8.78 Å². The lowest BCUT2D eigenvalue weighted by atomic mass is 10.1. The summed E-state index contributed by atoms with van der Waals surface area (Å²) >= 11 is 0. The maximum absolute atomic E-state index is 12.0. The van der Waals surface area contributed by atoms with E-state index in [1.54, 1.807) is 12.1 Å². The average Bonchev–Trinajstić information content (AvgIpc) is 2.90. The van der Waals surface area contributed by atoms with Crippen LogP contribution in [-0.4, -0.2) is 17.3 Å². The molecule has 0 amide bonds. The lowest BCUT2D eigenvalue weighted by molar-refractivity contribution is -0.0498. The number of halogens is 2. The molecule has 1 heterocycles. The smallest absolute Gasteiger partial charge is 0.387 e. The largest absolute Gasteiger partial charge is 0.435 e. The molecule has 2 rings (SSSR count). The average molecular weight is 280 g/mol. The molecule has 0 radical (unpaired) electrons. The first-order valence-corrected chi connectivity index (χ1v) is 6.57. The summed E-state index contributed by atoms with van der Waals surface area (Å²) in [7, 11) is 0. The van der Waals surface area contributed by atoms with E-state index in [1.165, 1.54) is 0 Å². The fourth-order valence-corrected chi connectivity index (χ4v) is 1.96. The number of aromatic nitrogens is 1. The Morgan fingerprint density at radius 2 is 1.80 bits per heavy atom. The predicted molar refractivity (Wildman–Crippen MR) is 74.6 cm³/mol. The van der Waals surface area contributed by atoms with E-state index in [0.29, 0.717) is 6.04 Å². The van der Waals surface area contributed by atoms with Gasteiger partial charge in [0.05, 0.1) is 0 Å². The Labute approximate surface area is 117 Å². The molecule has 0 aliphatic carbocycles. The van der Waals surface area contributed by atoms with Crippen molar-refractivity contribution in [3.05, 3.63) is 54.4 Å². The van der Waals surface area contributed by atoms with Crippen molar-refractivity contribution in [2.75, 3.05) is 5.43 Å². The van der Waals surface area contributed by atoms with Crippen LogP contribution in [0.2, 0.25) is 0 Å². The van der Waals surface area contributed by atoms with Crippen molar-refractivity contribution in [2.45, 2.75) is 32.4 Å². The molecule has 0 fully saturated rings. The SMILES string of the molecule is CC(CCc1ccc(OC(F)F)cc1)Nn1cccc1. The first-order valence-electron chi connectivity index (χ1n) is 6.57. The van der Waals surface area contributed by atoms with Crippen molar-refractivity contribution < 1.29 is 13.5 Å². The Kier molecular flexibility index (Phi) is 4.98. The van der Waals surface area contributed by atoms with E-state index < -0.39 is 6.61 Å². The van der Waals surface area contributed by atoms with Gasteiger partial charge in [0, 0.05) is 18.4 Å². The van der Waals surface area contributed by atoms with Crippen LogP contribution in [0, 0.1) is 0 Å². The van der Waals surface area contributed by atoms with Crippen LogP contribution in [0.1, 0.15) is 18.9 Å². The van der Waals surface area contributed by atoms with Gasteiger partial charge in [-0.05, 0) is 49.6 Å². The molecule has 0 bridgehead atoms. The van der Waals surface area contributed by atoms with Crippen molar-refractivity contribution in [3.63, 3.8) is 0 Å². The second-order valence-corrected chi connectivity index (χ2v) is 4.68. The van der Waals surface area contributed by atoms with E-state index >= 15 is 0 Å². The minimum Gasteiger partial charge on any atom is -0.435 e. The highest BCUT2D eigenvalue weighted by molar-refractivity contribution is 5.27. The molecule has 20 heavy (non-hydrogen) atoms. The van der Waals surface area contributed by atoms with Gasteiger partial charge in [-0.1, -0.05) is 12.1 Å². The van der Waals surface area contributed by atoms with Crippen molar-refractivity contribution in [1.29, 1.82) is 0 Å². The highest BCUT2D eigenvalue weighted by atomic mass is 19.3. The maximum atomic E-state index is 12.0. The van der Waals surface area contributed by atoms with Crippen LogP contribution >= 0.6 is 0 Å². The number of benzene rings is 1. The highest BCUT2D eigenvalue weighted by Gasteiger charge is 2.05. The molecule has 1 atom stereocenters. The van der Waals surface area contributed by atoms with Crippen LogP contribution in [0.5, 0.6) is 5.75 Å². The second-order valence-electron chi connectivity index (χ2n) is 4.68. The molecule has 0 aliphatic heterocycles. The van der Waals surface area contributed by atoms with Crippen molar-refractivity contribution in [3.8, 4) is 5.75 Å². The summed E-state index contributed by atoms with van der Waals surface area (Å²) in [4.78, 5) is 0. The molecule has 1 aromatic heterocycles. The monoisotopic (exact) mass is 280 g/mol. The Bertz CT molecular complexity index is 497.